The van der Waals surface area contributed by atoms with Crippen molar-refractivity contribution in [1.29, 1.82) is 0 Å². The highest BCUT2D eigenvalue weighted by atomic mass is 16.5. The van der Waals surface area contributed by atoms with Crippen LogP contribution in [0.4, 0.5) is 11.6 Å². The second kappa shape index (κ2) is 9.69. The molecule has 0 aliphatic carbocycles. The fourth-order valence-electron chi connectivity index (χ4n) is 3.55. The van der Waals surface area contributed by atoms with Crippen LogP contribution < -0.4 is 10.6 Å². The summed E-state index contributed by atoms with van der Waals surface area (Å²) in [5.74, 6) is 2.02. The third-order valence-electron chi connectivity index (χ3n) is 5.10. The number of hydrogen-bond acceptors (Lipinski definition) is 6. The van der Waals surface area contributed by atoms with Crippen molar-refractivity contribution in [2.45, 2.75) is 45.4 Å². The first-order valence-electron chi connectivity index (χ1n) is 10.2. The second-order valence-electron chi connectivity index (χ2n) is 8.01. The molecule has 2 atom stereocenters. The number of amides is 1. The van der Waals surface area contributed by atoms with E-state index in [9.17, 15) is 4.79 Å². The van der Waals surface area contributed by atoms with Crippen LogP contribution in [0.3, 0.4) is 0 Å². The zero-order chi connectivity index (χ0) is 20.8. The van der Waals surface area contributed by atoms with Gasteiger partial charge in [-0.1, -0.05) is 26.0 Å². The summed E-state index contributed by atoms with van der Waals surface area (Å²) < 4.78 is 5.95. The Kier molecular flexibility index (Phi) is 7.04. The molecule has 1 fully saturated rings. The maximum Gasteiger partial charge on any atom is 0.253 e. The molecule has 1 saturated heterocycles. The van der Waals surface area contributed by atoms with Crippen LogP contribution in [0.15, 0.2) is 36.7 Å². The number of rotatable bonds is 7. The highest BCUT2D eigenvalue weighted by molar-refractivity contribution is 5.93. The SMILES string of the molecule is CC(C)[C@@H]1OCCC[C@H]1Nc1cc(NCc2ccc(C(=O)N(C)C)cc2)ncn1. The molecule has 156 valence electrons. The lowest BCUT2D eigenvalue weighted by molar-refractivity contribution is -0.0203. The topological polar surface area (TPSA) is 79.4 Å². The summed E-state index contributed by atoms with van der Waals surface area (Å²) in [7, 11) is 3.50. The minimum Gasteiger partial charge on any atom is -0.376 e. The first kappa shape index (κ1) is 21.0. The first-order chi connectivity index (χ1) is 13.9. The van der Waals surface area contributed by atoms with Crippen LogP contribution >= 0.6 is 0 Å². The summed E-state index contributed by atoms with van der Waals surface area (Å²) in [6, 6.07) is 9.79. The number of carbonyl (C=O) groups excluding carboxylic acids is 1. The average molecular weight is 398 g/mol. The van der Waals surface area contributed by atoms with E-state index in [0.717, 1.165) is 36.6 Å². The molecular weight excluding hydrogens is 366 g/mol. The zero-order valence-electron chi connectivity index (χ0n) is 17.7. The highest BCUT2D eigenvalue weighted by Crippen LogP contribution is 2.24. The van der Waals surface area contributed by atoms with Gasteiger partial charge in [-0.25, -0.2) is 9.97 Å². The fraction of sp³-hybridized carbons (Fsp3) is 0.500. The van der Waals surface area contributed by atoms with Gasteiger partial charge in [0.2, 0.25) is 0 Å². The Balaban J connectivity index is 1.59. The molecule has 29 heavy (non-hydrogen) atoms. The van der Waals surface area contributed by atoms with Crippen molar-refractivity contribution < 1.29 is 9.53 Å². The second-order valence-corrected chi connectivity index (χ2v) is 8.01. The summed E-state index contributed by atoms with van der Waals surface area (Å²) in [4.78, 5) is 22.2. The molecule has 1 aliphatic heterocycles. The summed E-state index contributed by atoms with van der Waals surface area (Å²) >= 11 is 0. The number of hydrogen-bond donors (Lipinski definition) is 2. The normalized spacial score (nSPS) is 19.1. The van der Waals surface area contributed by atoms with Gasteiger partial charge in [0.15, 0.2) is 0 Å². The third kappa shape index (κ3) is 5.67. The number of carbonyl (C=O) groups is 1. The van der Waals surface area contributed by atoms with E-state index in [2.05, 4.69) is 34.4 Å². The van der Waals surface area contributed by atoms with Gasteiger partial charge in [0.1, 0.15) is 18.0 Å². The molecule has 0 spiro atoms. The molecule has 0 saturated carbocycles. The van der Waals surface area contributed by atoms with E-state index in [0.29, 0.717) is 18.0 Å². The lowest BCUT2D eigenvalue weighted by Gasteiger charge is -2.35. The molecule has 1 aliphatic rings. The summed E-state index contributed by atoms with van der Waals surface area (Å²) in [6.07, 6.45) is 3.90. The van der Waals surface area contributed by atoms with Crippen molar-refractivity contribution in [3.8, 4) is 0 Å². The maximum absolute atomic E-state index is 12.0. The van der Waals surface area contributed by atoms with E-state index < -0.39 is 0 Å². The van der Waals surface area contributed by atoms with Crippen LogP contribution in [0.5, 0.6) is 0 Å². The molecule has 0 unspecified atom stereocenters. The molecule has 7 nitrogen and oxygen atoms in total. The van der Waals surface area contributed by atoms with E-state index in [4.69, 9.17) is 4.74 Å². The summed E-state index contributed by atoms with van der Waals surface area (Å²) in [6.45, 7) is 5.83. The van der Waals surface area contributed by atoms with E-state index in [1.165, 1.54) is 0 Å². The first-order valence-corrected chi connectivity index (χ1v) is 10.2. The standard InChI is InChI=1S/C22H31N5O2/c1-15(2)21-18(6-5-11-29-21)26-20-12-19(24-14-25-20)23-13-16-7-9-17(10-8-16)22(28)27(3)4/h7-10,12,14-15,18,21H,5-6,11,13H2,1-4H3,(H2,23,24,25,26)/t18-,21+/m1/s1. The molecule has 0 radical (unpaired) electrons. The van der Waals surface area contributed by atoms with Gasteiger partial charge >= 0.3 is 0 Å². The van der Waals surface area contributed by atoms with Crippen molar-refractivity contribution in [3.05, 3.63) is 47.8 Å². The van der Waals surface area contributed by atoms with Gasteiger partial charge in [0.05, 0.1) is 12.1 Å². The smallest absolute Gasteiger partial charge is 0.253 e. The molecule has 1 amide bonds. The molecule has 1 aromatic carbocycles. The average Bonchev–Trinajstić information content (AvgIpc) is 2.72. The van der Waals surface area contributed by atoms with Gasteiger partial charge in [0, 0.05) is 38.9 Å². The molecule has 1 aromatic heterocycles. The minimum atomic E-state index is 0.00224. The van der Waals surface area contributed by atoms with Crippen LogP contribution in [0, 0.1) is 5.92 Å². The lowest BCUT2D eigenvalue weighted by atomic mass is 9.94. The Bertz CT molecular complexity index is 807. The summed E-state index contributed by atoms with van der Waals surface area (Å²) in [5.41, 5.74) is 1.76. The predicted octanol–water partition coefficient (Wildman–Crippen LogP) is 3.41. The highest BCUT2D eigenvalue weighted by Gasteiger charge is 2.28. The van der Waals surface area contributed by atoms with Gasteiger partial charge in [-0.2, -0.15) is 0 Å². The van der Waals surface area contributed by atoms with Crippen molar-refractivity contribution in [1.82, 2.24) is 14.9 Å². The van der Waals surface area contributed by atoms with Crippen LogP contribution in [0.2, 0.25) is 0 Å². The van der Waals surface area contributed by atoms with Crippen molar-refractivity contribution in [3.63, 3.8) is 0 Å². The van der Waals surface area contributed by atoms with Crippen molar-refractivity contribution in [2.24, 2.45) is 5.92 Å². The summed E-state index contributed by atoms with van der Waals surface area (Å²) in [5, 5.41) is 6.85. The van der Waals surface area contributed by atoms with Gasteiger partial charge in [-0.05, 0) is 36.5 Å². The van der Waals surface area contributed by atoms with E-state index >= 15 is 0 Å². The lowest BCUT2D eigenvalue weighted by Crippen LogP contribution is -2.43. The van der Waals surface area contributed by atoms with Gasteiger partial charge in [-0.3, -0.25) is 4.79 Å². The molecule has 2 heterocycles. The van der Waals surface area contributed by atoms with Crippen molar-refractivity contribution >= 4 is 17.5 Å². The number of nitrogens with zero attached hydrogens (tertiary/aromatic N) is 3. The fourth-order valence-corrected chi connectivity index (χ4v) is 3.55. The van der Waals surface area contributed by atoms with Gasteiger partial charge in [0.25, 0.3) is 5.91 Å². The van der Waals surface area contributed by atoms with Crippen LogP contribution in [-0.4, -0.2) is 53.6 Å². The minimum absolute atomic E-state index is 0.00224. The van der Waals surface area contributed by atoms with Crippen LogP contribution in [0.25, 0.3) is 0 Å². The Morgan fingerprint density at radius 2 is 1.93 bits per heavy atom. The Labute approximate surface area is 172 Å². The van der Waals surface area contributed by atoms with Gasteiger partial charge in [-0.15, -0.1) is 0 Å². The Morgan fingerprint density at radius 1 is 1.21 bits per heavy atom. The van der Waals surface area contributed by atoms with Crippen LogP contribution in [-0.2, 0) is 11.3 Å². The van der Waals surface area contributed by atoms with Crippen molar-refractivity contribution in [2.75, 3.05) is 31.3 Å². The number of benzene rings is 1. The number of aromatic nitrogens is 2. The van der Waals surface area contributed by atoms with E-state index in [-0.39, 0.29) is 18.1 Å². The largest absolute Gasteiger partial charge is 0.376 e. The quantitative estimate of drug-likeness (QED) is 0.745. The molecule has 2 N–H and O–H groups in total. The van der Waals surface area contributed by atoms with E-state index in [1.54, 1.807) is 25.3 Å². The molecule has 3 rings (SSSR count). The van der Waals surface area contributed by atoms with E-state index in [1.807, 2.05) is 30.3 Å². The number of nitrogens with one attached hydrogen (secondary N) is 2. The predicted molar refractivity (Wildman–Crippen MR) is 115 cm³/mol. The number of ether oxygens (including phenoxy) is 1. The maximum atomic E-state index is 12.0. The number of anilines is 2. The zero-order valence-corrected chi connectivity index (χ0v) is 17.7. The third-order valence-corrected chi connectivity index (χ3v) is 5.10. The monoisotopic (exact) mass is 397 g/mol. The Morgan fingerprint density at radius 3 is 2.62 bits per heavy atom. The van der Waals surface area contributed by atoms with Crippen LogP contribution in [0.1, 0.15) is 42.6 Å². The molecule has 7 heteroatoms. The molecule has 0 bridgehead atoms. The Hall–Kier alpha value is -2.67. The van der Waals surface area contributed by atoms with Gasteiger partial charge < -0.3 is 20.3 Å². The molecular formula is C22H31N5O2. The molecule has 2 aromatic rings.